The van der Waals surface area contributed by atoms with Gasteiger partial charge in [-0.25, -0.2) is 0 Å². The van der Waals surface area contributed by atoms with Gasteiger partial charge in [0, 0.05) is 41.9 Å². The van der Waals surface area contributed by atoms with E-state index in [9.17, 15) is 9.59 Å². The highest BCUT2D eigenvalue weighted by Gasteiger charge is 2.28. The van der Waals surface area contributed by atoms with Gasteiger partial charge in [0.25, 0.3) is 5.91 Å². The first-order chi connectivity index (χ1) is 11.3. The van der Waals surface area contributed by atoms with Crippen LogP contribution in [0.3, 0.4) is 0 Å². The first-order valence-electron chi connectivity index (χ1n) is 8.16. The van der Waals surface area contributed by atoms with Crippen LogP contribution in [0.1, 0.15) is 52.9 Å². The molecule has 0 spiro atoms. The number of nitrogens with one attached hydrogen (secondary N) is 1. The lowest BCUT2D eigenvalue weighted by atomic mass is 9.89. The van der Waals surface area contributed by atoms with Crippen molar-refractivity contribution >= 4 is 17.4 Å². The number of carbonyl (C=O) groups is 2. The topological polar surface area (TPSA) is 79.2 Å². The van der Waals surface area contributed by atoms with E-state index in [1.807, 2.05) is 31.7 Å². The average molecular weight is 325 g/mol. The summed E-state index contributed by atoms with van der Waals surface area (Å²) in [6.07, 6.45) is 0.730. The second kappa shape index (κ2) is 5.82. The molecule has 1 aromatic heterocycles. The van der Waals surface area contributed by atoms with E-state index in [0.717, 1.165) is 17.7 Å². The summed E-state index contributed by atoms with van der Waals surface area (Å²) in [6, 6.07) is 8.86. The Labute approximate surface area is 141 Å². The number of hydrogen-bond acceptors (Lipinski definition) is 3. The Morgan fingerprint density at radius 2 is 1.83 bits per heavy atom. The number of amides is 1. The van der Waals surface area contributed by atoms with Crippen LogP contribution in [0.4, 0.5) is 5.69 Å². The fourth-order valence-electron chi connectivity index (χ4n) is 2.94. The van der Waals surface area contributed by atoms with Crippen LogP contribution in [0.2, 0.25) is 0 Å². The quantitative estimate of drug-likeness (QED) is 0.658. The Bertz CT molecular complexity index is 782. The molecule has 5 heteroatoms. The highest BCUT2D eigenvalue weighted by atomic mass is 16.2. The summed E-state index contributed by atoms with van der Waals surface area (Å²) in [5.74, 6) is 0.0823. The van der Waals surface area contributed by atoms with Crippen LogP contribution in [0, 0.1) is 5.41 Å². The van der Waals surface area contributed by atoms with E-state index in [1.165, 1.54) is 0 Å². The minimum absolute atomic E-state index is 0.00875. The molecule has 24 heavy (non-hydrogen) atoms. The van der Waals surface area contributed by atoms with Crippen molar-refractivity contribution in [2.75, 3.05) is 12.3 Å². The largest absolute Gasteiger partial charge is 0.399 e. The lowest BCUT2D eigenvalue weighted by molar-refractivity contribution is 0.0734. The first kappa shape index (κ1) is 16.3. The van der Waals surface area contributed by atoms with E-state index in [4.69, 9.17) is 5.73 Å². The molecule has 1 amide bonds. The smallest absolute Gasteiger partial charge is 0.254 e. The van der Waals surface area contributed by atoms with Crippen LogP contribution >= 0.6 is 0 Å². The van der Waals surface area contributed by atoms with Gasteiger partial charge in [-0.05, 0) is 35.9 Å². The molecule has 0 bridgehead atoms. The number of H-pyrrole nitrogens is 1. The SMILES string of the molecule is CC(C)(C)C(=O)c1cc2c([nH]1)CCN(C(=O)c1ccc(N)cc1)C2. The second-order valence-corrected chi connectivity index (χ2v) is 7.36. The van der Waals surface area contributed by atoms with Crippen LogP contribution in [0.5, 0.6) is 0 Å². The molecule has 1 aliphatic heterocycles. The molecule has 0 saturated heterocycles. The van der Waals surface area contributed by atoms with Crippen LogP contribution in [0.15, 0.2) is 30.3 Å². The Kier molecular flexibility index (Phi) is 3.95. The molecular weight excluding hydrogens is 302 g/mol. The van der Waals surface area contributed by atoms with Gasteiger partial charge in [-0.1, -0.05) is 20.8 Å². The number of nitrogen functional groups attached to an aromatic ring is 1. The second-order valence-electron chi connectivity index (χ2n) is 7.36. The molecule has 0 unspecified atom stereocenters. The van der Waals surface area contributed by atoms with Gasteiger partial charge in [0.05, 0.1) is 5.69 Å². The molecule has 2 aromatic rings. The third-order valence-corrected chi connectivity index (χ3v) is 4.36. The molecule has 3 N–H and O–H groups in total. The van der Waals surface area contributed by atoms with E-state index >= 15 is 0 Å². The lowest BCUT2D eigenvalue weighted by Gasteiger charge is -2.27. The third-order valence-electron chi connectivity index (χ3n) is 4.36. The predicted octanol–water partition coefficient (Wildman–Crippen LogP) is 3.02. The van der Waals surface area contributed by atoms with Crippen molar-refractivity contribution in [3.05, 3.63) is 52.8 Å². The van der Waals surface area contributed by atoms with Crippen molar-refractivity contribution < 1.29 is 9.59 Å². The molecule has 1 aromatic carbocycles. The minimum Gasteiger partial charge on any atom is -0.399 e. The number of hydrogen-bond donors (Lipinski definition) is 2. The van der Waals surface area contributed by atoms with Crippen LogP contribution in [-0.2, 0) is 13.0 Å². The van der Waals surface area contributed by atoms with Gasteiger partial charge in [-0.15, -0.1) is 0 Å². The van der Waals surface area contributed by atoms with Gasteiger partial charge in [0.1, 0.15) is 0 Å². The van der Waals surface area contributed by atoms with Gasteiger partial charge in [-0.3, -0.25) is 9.59 Å². The number of fused-ring (bicyclic) bond motifs is 1. The highest BCUT2D eigenvalue weighted by Crippen LogP contribution is 2.26. The van der Waals surface area contributed by atoms with Crippen molar-refractivity contribution in [2.45, 2.75) is 33.7 Å². The fraction of sp³-hybridized carbons (Fsp3) is 0.368. The average Bonchev–Trinajstić information content (AvgIpc) is 2.96. The van der Waals surface area contributed by atoms with Gasteiger partial charge in [0.15, 0.2) is 5.78 Å². The fourth-order valence-corrected chi connectivity index (χ4v) is 2.94. The Morgan fingerprint density at radius 3 is 2.46 bits per heavy atom. The zero-order chi connectivity index (χ0) is 17.5. The zero-order valence-electron chi connectivity index (χ0n) is 14.3. The molecular formula is C19H23N3O2. The number of ketones is 1. The number of rotatable bonds is 2. The molecule has 5 nitrogen and oxygen atoms in total. The molecule has 0 saturated carbocycles. The Balaban J connectivity index is 1.79. The van der Waals surface area contributed by atoms with E-state index in [2.05, 4.69) is 4.98 Å². The number of Topliss-reactive ketones (excluding diaryl/α,β-unsaturated/α-hetero) is 1. The zero-order valence-corrected chi connectivity index (χ0v) is 14.3. The maximum absolute atomic E-state index is 12.6. The maximum atomic E-state index is 12.6. The molecule has 126 valence electrons. The molecule has 1 aliphatic rings. The number of anilines is 1. The number of nitrogens with zero attached hydrogens (tertiary/aromatic N) is 1. The highest BCUT2D eigenvalue weighted by molar-refractivity contribution is 5.99. The van der Waals surface area contributed by atoms with Gasteiger partial charge in [0.2, 0.25) is 0 Å². The molecule has 0 aliphatic carbocycles. The number of nitrogens with two attached hydrogens (primary N) is 1. The summed E-state index contributed by atoms with van der Waals surface area (Å²) in [4.78, 5) is 30.1. The van der Waals surface area contributed by atoms with Gasteiger partial charge < -0.3 is 15.6 Å². The van der Waals surface area contributed by atoms with E-state index in [1.54, 1.807) is 24.3 Å². The maximum Gasteiger partial charge on any atom is 0.254 e. The molecule has 0 radical (unpaired) electrons. The normalized spacial score (nSPS) is 14.4. The summed E-state index contributed by atoms with van der Waals surface area (Å²) < 4.78 is 0. The Morgan fingerprint density at radius 1 is 1.17 bits per heavy atom. The van der Waals surface area contributed by atoms with E-state index in [0.29, 0.717) is 30.0 Å². The molecule has 0 atom stereocenters. The standard InChI is InChI=1S/C19H23N3O2/c1-19(2,3)17(23)16-10-13-11-22(9-8-15(13)21-16)18(24)12-4-6-14(20)7-5-12/h4-7,10,21H,8-9,11,20H2,1-3H3. The van der Waals surface area contributed by atoms with E-state index in [-0.39, 0.29) is 11.7 Å². The molecule has 2 heterocycles. The number of aromatic nitrogens is 1. The van der Waals surface area contributed by atoms with Crippen LogP contribution in [-0.4, -0.2) is 28.1 Å². The molecule has 3 rings (SSSR count). The summed E-state index contributed by atoms with van der Waals surface area (Å²) in [5, 5.41) is 0. The van der Waals surface area contributed by atoms with E-state index < -0.39 is 5.41 Å². The minimum atomic E-state index is -0.424. The van der Waals surface area contributed by atoms with Crippen LogP contribution in [0.25, 0.3) is 0 Å². The monoisotopic (exact) mass is 325 g/mol. The van der Waals surface area contributed by atoms with Gasteiger partial charge in [-0.2, -0.15) is 0 Å². The number of aromatic amines is 1. The summed E-state index contributed by atoms with van der Waals surface area (Å²) in [7, 11) is 0. The number of benzene rings is 1. The summed E-state index contributed by atoms with van der Waals surface area (Å²) in [6.45, 7) is 6.89. The van der Waals surface area contributed by atoms with Crippen molar-refractivity contribution in [1.29, 1.82) is 0 Å². The summed E-state index contributed by atoms with van der Waals surface area (Å²) in [5.41, 5.74) is 9.24. The van der Waals surface area contributed by atoms with Crippen molar-refractivity contribution in [1.82, 2.24) is 9.88 Å². The van der Waals surface area contributed by atoms with Crippen molar-refractivity contribution in [3.8, 4) is 0 Å². The lowest BCUT2D eigenvalue weighted by Crippen LogP contribution is -2.35. The van der Waals surface area contributed by atoms with Crippen molar-refractivity contribution in [3.63, 3.8) is 0 Å². The summed E-state index contributed by atoms with van der Waals surface area (Å²) >= 11 is 0. The number of carbonyl (C=O) groups excluding carboxylic acids is 2. The van der Waals surface area contributed by atoms with Crippen molar-refractivity contribution in [2.24, 2.45) is 5.41 Å². The Hall–Kier alpha value is -2.56. The first-order valence-corrected chi connectivity index (χ1v) is 8.16. The van der Waals surface area contributed by atoms with Gasteiger partial charge >= 0.3 is 0 Å². The van der Waals surface area contributed by atoms with Crippen LogP contribution < -0.4 is 5.73 Å². The third kappa shape index (κ3) is 3.07. The predicted molar refractivity (Wildman–Crippen MR) is 93.9 cm³/mol. The molecule has 0 fully saturated rings.